The number of methoxy groups -OCH3 is 1. The van der Waals surface area contributed by atoms with E-state index in [-0.39, 0.29) is 6.04 Å². The topological polar surface area (TPSA) is 38.5 Å². The maximum atomic E-state index is 6.11. The molecule has 3 nitrogen and oxygen atoms in total. The lowest BCUT2D eigenvalue weighted by molar-refractivity contribution is 0.0747. The molecule has 0 fully saturated rings. The summed E-state index contributed by atoms with van der Waals surface area (Å²) in [6.07, 6.45) is 0. The Bertz CT molecular complexity index is 408. The Labute approximate surface area is 124 Å². The van der Waals surface area contributed by atoms with Gasteiger partial charge in [-0.2, -0.15) is 0 Å². The molecule has 2 unspecified atom stereocenters. The standard InChI is InChI=1S/C17H30N2O/c1-7-19(15(5)11-20-6)16(10-18)17-13(3)8-12(2)9-14(17)4/h8-9,15-16H,7,10-11,18H2,1-6H3. The van der Waals surface area contributed by atoms with Crippen molar-refractivity contribution in [2.45, 2.75) is 46.7 Å². The van der Waals surface area contributed by atoms with E-state index < -0.39 is 0 Å². The molecule has 0 bridgehead atoms. The summed E-state index contributed by atoms with van der Waals surface area (Å²) >= 11 is 0. The van der Waals surface area contributed by atoms with Crippen molar-refractivity contribution in [3.63, 3.8) is 0 Å². The van der Waals surface area contributed by atoms with E-state index in [4.69, 9.17) is 10.5 Å². The van der Waals surface area contributed by atoms with Gasteiger partial charge in [0.05, 0.1) is 6.61 Å². The van der Waals surface area contributed by atoms with Crippen molar-refractivity contribution < 1.29 is 4.74 Å². The summed E-state index contributed by atoms with van der Waals surface area (Å²) in [4.78, 5) is 2.44. The van der Waals surface area contributed by atoms with Crippen molar-refractivity contribution in [3.8, 4) is 0 Å². The fourth-order valence-electron chi connectivity index (χ4n) is 3.31. The van der Waals surface area contributed by atoms with E-state index in [0.29, 0.717) is 12.6 Å². The molecular formula is C17H30N2O. The van der Waals surface area contributed by atoms with Crippen LogP contribution in [0.5, 0.6) is 0 Å². The van der Waals surface area contributed by atoms with E-state index in [2.05, 4.69) is 51.7 Å². The highest BCUT2D eigenvalue weighted by Crippen LogP contribution is 2.28. The second-order valence-corrected chi connectivity index (χ2v) is 5.70. The van der Waals surface area contributed by atoms with Crippen molar-refractivity contribution in [1.82, 2.24) is 4.90 Å². The van der Waals surface area contributed by atoms with Crippen molar-refractivity contribution >= 4 is 0 Å². The van der Waals surface area contributed by atoms with Crippen LogP contribution in [0.25, 0.3) is 0 Å². The maximum absolute atomic E-state index is 6.11. The van der Waals surface area contributed by atoms with Gasteiger partial charge in [-0.25, -0.2) is 0 Å². The highest BCUT2D eigenvalue weighted by atomic mass is 16.5. The van der Waals surface area contributed by atoms with Gasteiger partial charge in [0.15, 0.2) is 0 Å². The van der Waals surface area contributed by atoms with Crippen LogP contribution in [0, 0.1) is 20.8 Å². The average molecular weight is 278 g/mol. The number of nitrogens with two attached hydrogens (primary N) is 1. The number of benzene rings is 1. The lowest BCUT2D eigenvalue weighted by Crippen LogP contribution is -2.42. The minimum absolute atomic E-state index is 0.255. The van der Waals surface area contributed by atoms with Crippen LogP contribution in [0.15, 0.2) is 12.1 Å². The maximum Gasteiger partial charge on any atom is 0.0615 e. The van der Waals surface area contributed by atoms with Crippen LogP contribution in [-0.2, 0) is 4.74 Å². The van der Waals surface area contributed by atoms with Gasteiger partial charge in [0.1, 0.15) is 0 Å². The smallest absolute Gasteiger partial charge is 0.0615 e. The molecule has 3 heteroatoms. The van der Waals surface area contributed by atoms with Crippen LogP contribution in [0.4, 0.5) is 0 Å². The summed E-state index contributed by atoms with van der Waals surface area (Å²) < 4.78 is 5.31. The summed E-state index contributed by atoms with van der Waals surface area (Å²) in [7, 11) is 1.75. The van der Waals surface area contributed by atoms with E-state index in [1.807, 2.05) is 0 Å². The number of nitrogens with zero attached hydrogens (tertiary/aromatic N) is 1. The molecule has 1 aromatic rings. The zero-order chi connectivity index (χ0) is 15.3. The van der Waals surface area contributed by atoms with E-state index in [1.165, 1.54) is 22.3 Å². The van der Waals surface area contributed by atoms with Gasteiger partial charge in [0.2, 0.25) is 0 Å². The molecule has 1 rings (SSSR count). The van der Waals surface area contributed by atoms with Crippen molar-refractivity contribution in [1.29, 1.82) is 0 Å². The number of hydrogen-bond donors (Lipinski definition) is 1. The van der Waals surface area contributed by atoms with Gasteiger partial charge in [-0.15, -0.1) is 0 Å². The molecule has 1 aromatic carbocycles. The van der Waals surface area contributed by atoms with E-state index in [0.717, 1.165) is 13.2 Å². The van der Waals surface area contributed by atoms with Gasteiger partial charge in [0, 0.05) is 25.7 Å². The Morgan fingerprint density at radius 1 is 1.20 bits per heavy atom. The van der Waals surface area contributed by atoms with Gasteiger partial charge in [-0.05, 0) is 50.9 Å². The fraction of sp³-hybridized carbons (Fsp3) is 0.647. The second kappa shape index (κ2) is 7.77. The van der Waals surface area contributed by atoms with E-state index in [9.17, 15) is 0 Å². The molecular weight excluding hydrogens is 248 g/mol. The van der Waals surface area contributed by atoms with E-state index >= 15 is 0 Å². The Balaban J connectivity index is 3.17. The van der Waals surface area contributed by atoms with Crippen LogP contribution < -0.4 is 5.73 Å². The number of hydrogen-bond acceptors (Lipinski definition) is 3. The Morgan fingerprint density at radius 2 is 1.75 bits per heavy atom. The van der Waals surface area contributed by atoms with Gasteiger partial charge in [-0.3, -0.25) is 4.90 Å². The minimum atomic E-state index is 0.255. The van der Waals surface area contributed by atoms with Crippen molar-refractivity contribution in [2.24, 2.45) is 5.73 Å². The summed E-state index contributed by atoms with van der Waals surface area (Å²) in [6.45, 7) is 13.2. The molecule has 0 saturated heterocycles. The first-order valence-electron chi connectivity index (χ1n) is 7.48. The number of likely N-dealkylation sites (N-methyl/N-ethyl adjacent to an activating group) is 1. The van der Waals surface area contributed by atoms with Crippen LogP contribution in [0.3, 0.4) is 0 Å². The lowest BCUT2D eigenvalue weighted by Gasteiger charge is -2.36. The Morgan fingerprint density at radius 3 is 2.15 bits per heavy atom. The molecule has 0 aliphatic heterocycles. The SMILES string of the molecule is CCN(C(C)COC)C(CN)c1c(C)cc(C)cc1C. The molecule has 0 saturated carbocycles. The molecule has 0 spiro atoms. The highest BCUT2D eigenvalue weighted by molar-refractivity contribution is 5.40. The summed E-state index contributed by atoms with van der Waals surface area (Å²) in [5.74, 6) is 0. The zero-order valence-electron chi connectivity index (χ0n) is 13.9. The summed E-state index contributed by atoms with van der Waals surface area (Å²) in [6, 6.07) is 5.11. The molecule has 2 atom stereocenters. The Hall–Kier alpha value is -0.900. The first-order valence-corrected chi connectivity index (χ1v) is 7.48. The first-order chi connectivity index (χ1) is 9.46. The molecule has 0 aromatic heterocycles. The number of rotatable bonds is 7. The molecule has 0 amide bonds. The van der Waals surface area contributed by atoms with Gasteiger partial charge >= 0.3 is 0 Å². The van der Waals surface area contributed by atoms with Gasteiger partial charge < -0.3 is 10.5 Å². The van der Waals surface area contributed by atoms with Crippen LogP contribution >= 0.6 is 0 Å². The molecule has 114 valence electrons. The number of ether oxygens (including phenoxy) is 1. The third-order valence-electron chi connectivity index (χ3n) is 4.03. The molecule has 2 N–H and O–H groups in total. The highest BCUT2D eigenvalue weighted by Gasteiger charge is 2.25. The summed E-state index contributed by atoms with van der Waals surface area (Å²) in [5.41, 5.74) is 11.5. The average Bonchev–Trinajstić information content (AvgIpc) is 2.36. The quantitative estimate of drug-likeness (QED) is 0.833. The molecule has 0 aliphatic carbocycles. The van der Waals surface area contributed by atoms with Crippen LogP contribution in [0.1, 0.15) is 42.1 Å². The lowest BCUT2D eigenvalue weighted by atomic mass is 9.92. The van der Waals surface area contributed by atoms with Crippen LogP contribution in [-0.4, -0.2) is 37.7 Å². The Kier molecular flexibility index (Phi) is 6.66. The zero-order valence-corrected chi connectivity index (χ0v) is 13.9. The second-order valence-electron chi connectivity index (χ2n) is 5.70. The summed E-state index contributed by atoms with van der Waals surface area (Å²) in [5, 5.41) is 0. The molecule has 0 radical (unpaired) electrons. The third kappa shape index (κ3) is 3.81. The monoisotopic (exact) mass is 278 g/mol. The normalized spacial score (nSPS) is 14.6. The number of aryl methyl sites for hydroxylation is 3. The van der Waals surface area contributed by atoms with Crippen molar-refractivity contribution in [3.05, 3.63) is 34.4 Å². The minimum Gasteiger partial charge on any atom is -0.383 e. The predicted octanol–water partition coefficient (Wildman–Crippen LogP) is 2.97. The van der Waals surface area contributed by atoms with Crippen LogP contribution in [0.2, 0.25) is 0 Å². The largest absolute Gasteiger partial charge is 0.383 e. The molecule has 0 heterocycles. The third-order valence-corrected chi connectivity index (χ3v) is 4.03. The molecule has 20 heavy (non-hydrogen) atoms. The van der Waals surface area contributed by atoms with Gasteiger partial charge in [0.25, 0.3) is 0 Å². The predicted molar refractivity (Wildman–Crippen MR) is 86.2 cm³/mol. The van der Waals surface area contributed by atoms with Gasteiger partial charge in [-0.1, -0.05) is 24.6 Å². The van der Waals surface area contributed by atoms with E-state index in [1.54, 1.807) is 7.11 Å². The first kappa shape index (κ1) is 17.2. The fourth-order valence-corrected chi connectivity index (χ4v) is 3.31. The molecule has 0 aliphatic rings. The van der Waals surface area contributed by atoms with Crippen molar-refractivity contribution in [2.75, 3.05) is 26.8 Å².